The summed E-state index contributed by atoms with van der Waals surface area (Å²) in [5.74, 6) is -0.846. The second-order valence-electron chi connectivity index (χ2n) is 4.38. The molecule has 1 aliphatic heterocycles. The Balaban J connectivity index is 2.38. The van der Waals surface area contributed by atoms with Gasteiger partial charge >= 0.3 is 11.8 Å². The fraction of sp³-hybridized carbons (Fsp3) is 0.667. The molecule has 5 nitrogen and oxygen atoms in total. The number of nitrogens with zero attached hydrogens (tertiary/aromatic N) is 2. The predicted octanol–water partition coefficient (Wildman–Crippen LogP) is -0.157. The van der Waals surface area contributed by atoms with Crippen LogP contribution in [-0.2, 0) is 9.59 Å². The summed E-state index contributed by atoms with van der Waals surface area (Å²) in [5.41, 5.74) is 0.934. The Hall–Kier alpha value is -1.36. The molecule has 0 aromatic carbocycles. The van der Waals surface area contributed by atoms with E-state index in [1.165, 1.54) is 4.90 Å². The molecule has 0 saturated carbocycles. The van der Waals surface area contributed by atoms with E-state index in [9.17, 15) is 9.59 Å². The molecule has 1 N–H and O–H groups in total. The molecule has 0 aliphatic carbocycles. The molecule has 17 heavy (non-hydrogen) atoms. The lowest BCUT2D eigenvalue weighted by Gasteiger charge is -2.31. The molecule has 1 rings (SSSR count). The molecule has 0 aromatic rings. The van der Waals surface area contributed by atoms with Crippen LogP contribution < -0.4 is 5.32 Å². The van der Waals surface area contributed by atoms with Gasteiger partial charge in [0.05, 0.1) is 0 Å². The van der Waals surface area contributed by atoms with E-state index in [1.807, 2.05) is 0 Å². The molecule has 0 bridgehead atoms. The number of amides is 2. The maximum absolute atomic E-state index is 11.7. The van der Waals surface area contributed by atoms with Gasteiger partial charge in [-0.25, -0.2) is 0 Å². The van der Waals surface area contributed by atoms with E-state index < -0.39 is 11.8 Å². The Bertz CT molecular complexity index is 315. The third-order valence-electron chi connectivity index (χ3n) is 2.74. The van der Waals surface area contributed by atoms with Crippen molar-refractivity contribution in [2.24, 2.45) is 0 Å². The van der Waals surface area contributed by atoms with Crippen LogP contribution in [0.15, 0.2) is 12.2 Å². The van der Waals surface area contributed by atoms with E-state index in [1.54, 1.807) is 11.9 Å². The molecule has 96 valence electrons. The Labute approximate surface area is 102 Å². The third-order valence-corrected chi connectivity index (χ3v) is 2.74. The molecular formula is C12H21N3O2. The summed E-state index contributed by atoms with van der Waals surface area (Å²) in [6.45, 7) is 9.30. The normalized spacial score (nSPS) is 16.6. The highest BCUT2D eigenvalue weighted by Gasteiger charge is 2.30. The Kier molecular flexibility index (Phi) is 5.15. The third kappa shape index (κ3) is 3.85. The molecular weight excluding hydrogens is 218 g/mol. The fourth-order valence-electron chi connectivity index (χ4n) is 1.69. The van der Waals surface area contributed by atoms with Crippen molar-refractivity contribution in [2.75, 3.05) is 39.8 Å². The second kappa shape index (κ2) is 6.39. The van der Waals surface area contributed by atoms with Gasteiger partial charge in [-0.05, 0) is 18.5 Å². The average Bonchev–Trinajstić information content (AvgIpc) is 2.30. The second-order valence-corrected chi connectivity index (χ2v) is 4.38. The van der Waals surface area contributed by atoms with Crippen molar-refractivity contribution in [3.63, 3.8) is 0 Å². The molecule has 1 heterocycles. The highest BCUT2D eigenvalue weighted by molar-refractivity contribution is 6.35. The highest BCUT2D eigenvalue weighted by Crippen LogP contribution is 2.05. The molecule has 0 aromatic heterocycles. The number of nitrogens with one attached hydrogen (secondary N) is 1. The van der Waals surface area contributed by atoms with Crippen LogP contribution in [0.4, 0.5) is 0 Å². The lowest BCUT2D eigenvalue weighted by atomic mass is 10.2. The van der Waals surface area contributed by atoms with E-state index >= 15 is 0 Å². The minimum absolute atomic E-state index is 0.421. The Morgan fingerprint density at radius 1 is 1.35 bits per heavy atom. The zero-order valence-corrected chi connectivity index (χ0v) is 10.7. The van der Waals surface area contributed by atoms with Crippen LogP contribution in [0.3, 0.4) is 0 Å². The molecule has 2 amide bonds. The summed E-state index contributed by atoms with van der Waals surface area (Å²) in [6, 6.07) is 0. The minimum Gasteiger partial charge on any atom is -0.336 e. The summed E-state index contributed by atoms with van der Waals surface area (Å²) >= 11 is 0. The van der Waals surface area contributed by atoms with Crippen molar-refractivity contribution in [3.05, 3.63) is 12.2 Å². The molecule has 1 fully saturated rings. The van der Waals surface area contributed by atoms with E-state index in [2.05, 4.69) is 18.8 Å². The van der Waals surface area contributed by atoms with Crippen LogP contribution in [0.2, 0.25) is 0 Å². The first kappa shape index (κ1) is 13.7. The molecule has 0 radical (unpaired) electrons. The van der Waals surface area contributed by atoms with Gasteiger partial charge in [0.1, 0.15) is 0 Å². The highest BCUT2D eigenvalue weighted by atomic mass is 16.2. The van der Waals surface area contributed by atoms with Crippen molar-refractivity contribution in [1.82, 2.24) is 15.1 Å². The number of carbonyl (C=O) groups excluding carboxylic acids is 2. The first-order chi connectivity index (χ1) is 8.06. The SMILES string of the molecule is C=C(CNCCC)CN1CCN(C)C(=O)C1=O. The molecule has 1 aliphatic rings. The first-order valence-electron chi connectivity index (χ1n) is 5.98. The predicted molar refractivity (Wildman–Crippen MR) is 66.5 cm³/mol. The van der Waals surface area contributed by atoms with Gasteiger partial charge in [0.25, 0.3) is 0 Å². The number of rotatable bonds is 6. The number of piperazine rings is 1. The lowest BCUT2D eigenvalue weighted by molar-refractivity contribution is -0.154. The van der Waals surface area contributed by atoms with Crippen LogP contribution in [0.25, 0.3) is 0 Å². The van der Waals surface area contributed by atoms with Crippen LogP contribution >= 0.6 is 0 Å². The zero-order valence-electron chi connectivity index (χ0n) is 10.7. The summed E-state index contributed by atoms with van der Waals surface area (Å²) in [5, 5.41) is 3.23. The van der Waals surface area contributed by atoms with E-state index in [0.29, 0.717) is 26.2 Å². The van der Waals surface area contributed by atoms with Crippen molar-refractivity contribution in [1.29, 1.82) is 0 Å². The molecule has 0 atom stereocenters. The maximum atomic E-state index is 11.7. The number of likely N-dealkylation sites (N-methyl/N-ethyl adjacent to an activating group) is 1. The maximum Gasteiger partial charge on any atom is 0.312 e. The number of hydrogen-bond donors (Lipinski definition) is 1. The molecule has 5 heteroatoms. The topological polar surface area (TPSA) is 52.6 Å². The van der Waals surface area contributed by atoms with Gasteiger partial charge in [-0.1, -0.05) is 13.5 Å². The zero-order chi connectivity index (χ0) is 12.8. The largest absolute Gasteiger partial charge is 0.336 e. The van der Waals surface area contributed by atoms with Crippen LogP contribution in [0.5, 0.6) is 0 Å². The van der Waals surface area contributed by atoms with E-state index in [-0.39, 0.29) is 0 Å². The standard InChI is InChI=1S/C12H21N3O2/c1-4-5-13-8-10(2)9-15-7-6-14(3)11(16)12(15)17/h13H,2,4-9H2,1,3H3. The lowest BCUT2D eigenvalue weighted by Crippen LogP contribution is -2.53. The van der Waals surface area contributed by atoms with Crippen molar-refractivity contribution >= 4 is 11.8 Å². The fourth-order valence-corrected chi connectivity index (χ4v) is 1.69. The van der Waals surface area contributed by atoms with Gasteiger partial charge in [0, 0.05) is 33.2 Å². The monoisotopic (exact) mass is 239 g/mol. The quantitative estimate of drug-likeness (QED) is 0.398. The Morgan fingerprint density at radius 3 is 2.71 bits per heavy atom. The van der Waals surface area contributed by atoms with Gasteiger partial charge in [-0.2, -0.15) is 0 Å². The van der Waals surface area contributed by atoms with Gasteiger partial charge in [-0.3, -0.25) is 9.59 Å². The summed E-state index contributed by atoms with van der Waals surface area (Å²) in [7, 11) is 1.65. The van der Waals surface area contributed by atoms with Crippen molar-refractivity contribution in [3.8, 4) is 0 Å². The van der Waals surface area contributed by atoms with Gasteiger partial charge in [0.15, 0.2) is 0 Å². The number of carbonyl (C=O) groups is 2. The first-order valence-corrected chi connectivity index (χ1v) is 5.98. The molecule has 0 spiro atoms. The van der Waals surface area contributed by atoms with Crippen LogP contribution in [-0.4, -0.2) is 61.4 Å². The van der Waals surface area contributed by atoms with Crippen molar-refractivity contribution in [2.45, 2.75) is 13.3 Å². The smallest absolute Gasteiger partial charge is 0.312 e. The summed E-state index contributed by atoms with van der Waals surface area (Å²) in [4.78, 5) is 26.2. The van der Waals surface area contributed by atoms with Crippen molar-refractivity contribution < 1.29 is 9.59 Å². The van der Waals surface area contributed by atoms with Crippen LogP contribution in [0, 0.1) is 0 Å². The summed E-state index contributed by atoms with van der Waals surface area (Å²) < 4.78 is 0. The molecule has 1 saturated heterocycles. The van der Waals surface area contributed by atoms with Gasteiger partial charge in [0.2, 0.25) is 0 Å². The minimum atomic E-state index is -0.425. The molecule has 0 unspecified atom stereocenters. The van der Waals surface area contributed by atoms with Crippen LogP contribution in [0.1, 0.15) is 13.3 Å². The summed E-state index contributed by atoms with van der Waals surface area (Å²) in [6.07, 6.45) is 1.07. The average molecular weight is 239 g/mol. The Morgan fingerprint density at radius 2 is 2.06 bits per heavy atom. The van der Waals surface area contributed by atoms with E-state index in [0.717, 1.165) is 18.5 Å². The van der Waals surface area contributed by atoms with E-state index in [4.69, 9.17) is 0 Å². The number of hydrogen-bond acceptors (Lipinski definition) is 3. The van der Waals surface area contributed by atoms with Gasteiger partial charge in [-0.15, -0.1) is 0 Å². The van der Waals surface area contributed by atoms with Gasteiger partial charge < -0.3 is 15.1 Å².